The van der Waals surface area contributed by atoms with E-state index in [1.807, 2.05) is 0 Å². The van der Waals surface area contributed by atoms with Crippen molar-refractivity contribution in [2.45, 2.75) is 13.1 Å². The van der Waals surface area contributed by atoms with Crippen LogP contribution in [0.3, 0.4) is 0 Å². The van der Waals surface area contributed by atoms with E-state index >= 15 is 0 Å². The fourth-order valence-electron chi connectivity index (χ4n) is 1.07. The van der Waals surface area contributed by atoms with Crippen molar-refractivity contribution < 1.29 is 31.9 Å². The molecule has 98 valence electrons. The number of hydrogen-bond donors (Lipinski definition) is 0. The van der Waals surface area contributed by atoms with Crippen LogP contribution in [0.15, 0.2) is 12.3 Å². The zero-order valence-corrected chi connectivity index (χ0v) is 9.05. The lowest BCUT2D eigenvalue weighted by molar-refractivity contribution is -0.139. The number of carbonyl (C=O) groups excluding carboxylic acids is 2. The van der Waals surface area contributed by atoms with Gasteiger partial charge in [-0.05, 0) is 13.0 Å². The number of hydrogen-bond acceptors (Lipinski definition) is 4. The van der Waals surface area contributed by atoms with Gasteiger partial charge in [-0.1, -0.05) is 0 Å². The van der Waals surface area contributed by atoms with Gasteiger partial charge < -0.3 is 4.74 Å². The molecule has 0 aliphatic carbocycles. The molecule has 0 aliphatic heterocycles. The Labute approximate surface area is 98.6 Å². The van der Waals surface area contributed by atoms with Crippen LogP contribution in [0, 0.1) is 5.95 Å². The molecule has 1 heterocycles. The Hall–Kier alpha value is -1.99. The summed E-state index contributed by atoms with van der Waals surface area (Å²) in [4.78, 5) is 25.1. The first-order chi connectivity index (χ1) is 8.27. The molecule has 0 radical (unpaired) electrons. The van der Waals surface area contributed by atoms with Crippen LogP contribution in [0.1, 0.15) is 22.8 Å². The molecule has 0 bridgehead atoms. The third-order valence-electron chi connectivity index (χ3n) is 1.87. The quantitative estimate of drug-likeness (QED) is 0.276. The molecule has 0 unspecified atom stereocenters. The first-order valence-electron chi connectivity index (χ1n) is 4.71. The number of nitrogens with zero attached hydrogens (tertiary/aromatic N) is 1. The molecule has 1 rings (SSSR count). The van der Waals surface area contributed by atoms with Crippen LogP contribution in [-0.4, -0.2) is 23.3 Å². The lowest BCUT2D eigenvalue weighted by atomic mass is 10.1. The summed E-state index contributed by atoms with van der Waals surface area (Å²) in [5.74, 6) is -4.40. The highest BCUT2D eigenvalue weighted by Gasteiger charge is 2.33. The summed E-state index contributed by atoms with van der Waals surface area (Å²) in [5, 5.41) is 0. The van der Waals surface area contributed by atoms with E-state index in [1.54, 1.807) is 0 Å². The number of esters is 1. The molecule has 0 spiro atoms. The first kappa shape index (κ1) is 14.1. The van der Waals surface area contributed by atoms with Gasteiger partial charge in [-0.25, -0.2) is 9.78 Å². The van der Waals surface area contributed by atoms with Gasteiger partial charge in [0, 0.05) is 6.20 Å². The lowest BCUT2D eigenvalue weighted by Gasteiger charge is -2.08. The zero-order valence-electron chi connectivity index (χ0n) is 9.05. The van der Waals surface area contributed by atoms with Gasteiger partial charge in [0.1, 0.15) is 0 Å². The van der Waals surface area contributed by atoms with Crippen LogP contribution < -0.4 is 0 Å². The van der Waals surface area contributed by atoms with Crippen molar-refractivity contribution in [3.05, 3.63) is 29.3 Å². The summed E-state index contributed by atoms with van der Waals surface area (Å²) in [6.07, 6.45) is -4.55. The monoisotopic (exact) mass is 265 g/mol. The number of carbonyl (C=O) groups is 2. The van der Waals surface area contributed by atoms with Crippen LogP contribution in [-0.2, 0) is 15.7 Å². The van der Waals surface area contributed by atoms with Gasteiger partial charge in [0.2, 0.25) is 5.95 Å². The Morgan fingerprint density at radius 1 is 1.39 bits per heavy atom. The van der Waals surface area contributed by atoms with Gasteiger partial charge in [-0.2, -0.15) is 17.6 Å². The Kier molecular flexibility index (Phi) is 4.00. The van der Waals surface area contributed by atoms with Gasteiger partial charge >= 0.3 is 12.1 Å². The molecule has 8 heteroatoms. The molecule has 0 aromatic carbocycles. The average molecular weight is 265 g/mol. The Morgan fingerprint density at radius 2 is 2.00 bits per heavy atom. The predicted octanol–water partition coefficient (Wildman–Crippen LogP) is 1.99. The SMILES string of the molecule is CCOC(=O)C(=O)c1cc(C(F)(F)F)cnc1F. The first-order valence-corrected chi connectivity index (χ1v) is 4.71. The third-order valence-corrected chi connectivity index (χ3v) is 1.87. The van der Waals surface area contributed by atoms with Crippen molar-refractivity contribution >= 4 is 11.8 Å². The van der Waals surface area contributed by atoms with E-state index in [4.69, 9.17) is 0 Å². The van der Waals surface area contributed by atoms with Crippen molar-refractivity contribution in [1.82, 2.24) is 4.98 Å². The van der Waals surface area contributed by atoms with Crippen LogP contribution in [0.5, 0.6) is 0 Å². The second-order valence-electron chi connectivity index (χ2n) is 3.11. The third kappa shape index (κ3) is 3.02. The van der Waals surface area contributed by atoms with Gasteiger partial charge in [0.25, 0.3) is 5.78 Å². The Bertz CT molecular complexity index is 485. The topological polar surface area (TPSA) is 56.3 Å². The maximum atomic E-state index is 13.1. The molecule has 1 aromatic heterocycles. The molecule has 0 fully saturated rings. The summed E-state index contributed by atoms with van der Waals surface area (Å²) in [5.41, 5.74) is -2.39. The molecule has 0 atom stereocenters. The van der Waals surface area contributed by atoms with Crippen molar-refractivity contribution in [2.75, 3.05) is 6.61 Å². The van der Waals surface area contributed by atoms with Crippen molar-refractivity contribution in [3.63, 3.8) is 0 Å². The number of alkyl halides is 3. The van der Waals surface area contributed by atoms with Crippen LogP contribution in [0.25, 0.3) is 0 Å². The fraction of sp³-hybridized carbons (Fsp3) is 0.300. The summed E-state index contributed by atoms with van der Waals surface area (Å²) >= 11 is 0. The molecule has 0 aliphatic rings. The molecule has 0 N–H and O–H groups in total. The van der Waals surface area contributed by atoms with E-state index in [0.29, 0.717) is 0 Å². The minimum Gasteiger partial charge on any atom is -0.460 e. The van der Waals surface area contributed by atoms with E-state index in [0.717, 1.165) is 0 Å². The number of halogens is 4. The minimum absolute atomic E-state index is 0.154. The van der Waals surface area contributed by atoms with Gasteiger partial charge in [-0.3, -0.25) is 4.79 Å². The smallest absolute Gasteiger partial charge is 0.417 e. The highest BCUT2D eigenvalue weighted by Crippen LogP contribution is 2.29. The Balaban J connectivity index is 3.16. The maximum Gasteiger partial charge on any atom is 0.417 e. The molecule has 0 saturated heterocycles. The van der Waals surface area contributed by atoms with Gasteiger partial charge in [0.05, 0.1) is 17.7 Å². The van der Waals surface area contributed by atoms with Crippen LogP contribution in [0.2, 0.25) is 0 Å². The number of aromatic nitrogens is 1. The molecule has 0 saturated carbocycles. The second-order valence-corrected chi connectivity index (χ2v) is 3.11. The normalized spacial score (nSPS) is 11.2. The number of ketones is 1. The molecular formula is C10H7F4NO3. The fourth-order valence-corrected chi connectivity index (χ4v) is 1.07. The maximum absolute atomic E-state index is 13.1. The largest absolute Gasteiger partial charge is 0.460 e. The molecule has 18 heavy (non-hydrogen) atoms. The summed E-state index contributed by atoms with van der Waals surface area (Å²) < 4.78 is 54.3. The second kappa shape index (κ2) is 5.11. The summed E-state index contributed by atoms with van der Waals surface area (Å²) in [6, 6.07) is 0.224. The van der Waals surface area contributed by atoms with Gasteiger partial charge in [-0.15, -0.1) is 0 Å². The minimum atomic E-state index is -4.79. The summed E-state index contributed by atoms with van der Waals surface area (Å²) in [6.45, 7) is 1.24. The van der Waals surface area contributed by atoms with E-state index in [9.17, 15) is 27.2 Å². The number of ether oxygens (including phenoxy) is 1. The average Bonchev–Trinajstić information content (AvgIpc) is 2.27. The van der Waals surface area contributed by atoms with E-state index in [1.165, 1.54) is 6.92 Å². The number of Topliss-reactive ketones (excluding diaryl/α,β-unsaturated/α-hetero) is 1. The van der Waals surface area contributed by atoms with Crippen molar-refractivity contribution in [3.8, 4) is 0 Å². The molecular weight excluding hydrogens is 258 g/mol. The number of rotatable bonds is 3. The molecule has 0 amide bonds. The van der Waals surface area contributed by atoms with E-state index < -0.39 is 35.0 Å². The van der Waals surface area contributed by atoms with Crippen molar-refractivity contribution in [2.24, 2.45) is 0 Å². The zero-order chi connectivity index (χ0) is 13.9. The summed E-state index contributed by atoms with van der Waals surface area (Å²) in [7, 11) is 0. The van der Waals surface area contributed by atoms with Crippen LogP contribution in [0.4, 0.5) is 17.6 Å². The molecule has 4 nitrogen and oxygen atoms in total. The highest BCUT2D eigenvalue weighted by molar-refractivity contribution is 6.40. The Morgan fingerprint density at radius 3 is 2.50 bits per heavy atom. The number of pyridine rings is 1. The lowest BCUT2D eigenvalue weighted by Crippen LogP contribution is -2.20. The van der Waals surface area contributed by atoms with E-state index in [2.05, 4.69) is 9.72 Å². The van der Waals surface area contributed by atoms with E-state index in [-0.39, 0.29) is 18.9 Å². The van der Waals surface area contributed by atoms with Crippen LogP contribution >= 0.6 is 0 Å². The standard InChI is InChI=1S/C10H7F4NO3/c1-2-18-9(17)7(16)6-3-5(10(12,13)14)4-15-8(6)11/h3-4H,2H2,1H3. The van der Waals surface area contributed by atoms with Gasteiger partial charge in [0.15, 0.2) is 0 Å². The highest BCUT2D eigenvalue weighted by atomic mass is 19.4. The van der Waals surface area contributed by atoms with Crippen molar-refractivity contribution in [1.29, 1.82) is 0 Å². The molecule has 1 aromatic rings. The predicted molar refractivity (Wildman–Crippen MR) is 50.2 cm³/mol.